The van der Waals surface area contributed by atoms with E-state index in [1.807, 2.05) is 6.92 Å². The van der Waals surface area contributed by atoms with Crippen LogP contribution in [0.2, 0.25) is 0 Å². The van der Waals surface area contributed by atoms with Crippen LogP contribution in [-0.2, 0) is 20.7 Å². The number of benzene rings is 2. The molecule has 0 bridgehead atoms. The minimum atomic E-state index is -3.71. The van der Waals surface area contributed by atoms with Crippen LogP contribution < -0.4 is 0 Å². The van der Waals surface area contributed by atoms with E-state index < -0.39 is 20.7 Å². The topological polar surface area (TPSA) is 66.7 Å². The van der Waals surface area contributed by atoms with Crippen LogP contribution in [-0.4, -0.2) is 19.8 Å². The highest BCUT2D eigenvalue weighted by Crippen LogP contribution is 2.22. The SMILES string of the molecule is Cc1ccc(S(=O)(=O)N=[S@](C)c2ccccc2O)cc1. The van der Waals surface area contributed by atoms with Gasteiger partial charge in [0.1, 0.15) is 5.75 Å². The summed E-state index contributed by atoms with van der Waals surface area (Å²) >= 11 is 0. The Morgan fingerprint density at radius 1 is 1.05 bits per heavy atom. The molecule has 0 fully saturated rings. The lowest BCUT2D eigenvalue weighted by atomic mass is 10.2. The summed E-state index contributed by atoms with van der Waals surface area (Å²) in [6.45, 7) is 1.89. The van der Waals surface area contributed by atoms with Crippen molar-refractivity contribution in [2.24, 2.45) is 3.77 Å². The first-order valence-corrected chi connectivity index (χ1v) is 8.92. The second kappa shape index (κ2) is 5.76. The maximum Gasteiger partial charge on any atom is 0.288 e. The highest BCUT2D eigenvalue weighted by atomic mass is 32.3. The van der Waals surface area contributed by atoms with Crippen LogP contribution in [0, 0.1) is 6.92 Å². The zero-order chi connectivity index (χ0) is 14.8. The lowest BCUT2D eigenvalue weighted by Gasteiger charge is -2.05. The zero-order valence-electron chi connectivity index (χ0n) is 11.1. The normalized spacial score (nSPS) is 13.3. The molecule has 0 radical (unpaired) electrons. The van der Waals surface area contributed by atoms with Crippen molar-refractivity contribution in [2.45, 2.75) is 16.7 Å². The van der Waals surface area contributed by atoms with Crippen LogP contribution in [0.1, 0.15) is 5.56 Å². The number of rotatable bonds is 3. The van der Waals surface area contributed by atoms with Crippen molar-refractivity contribution >= 4 is 20.7 Å². The molecule has 0 aliphatic heterocycles. The van der Waals surface area contributed by atoms with Crippen LogP contribution in [0.3, 0.4) is 0 Å². The lowest BCUT2D eigenvalue weighted by molar-refractivity contribution is 0.462. The minimum Gasteiger partial charge on any atom is -0.507 e. The third kappa shape index (κ3) is 3.26. The van der Waals surface area contributed by atoms with Gasteiger partial charge < -0.3 is 5.11 Å². The van der Waals surface area contributed by atoms with Gasteiger partial charge in [-0.3, -0.25) is 0 Å². The fraction of sp³-hybridized carbons (Fsp3) is 0.143. The van der Waals surface area contributed by atoms with Crippen LogP contribution in [0.4, 0.5) is 0 Å². The lowest BCUT2D eigenvalue weighted by Crippen LogP contribution is -2.00. The zero-order valence-corrected chi connectivity index (χ0v) is 12.8. The van der Waals surface area contributed by atoms with E-state index in [0.717, 1.165) is 5.56 Å². The first-order chi connectivity index (χ1) is 9.40. The minimum absolute atomic E-state index is 0.0567. The number of phenolic OH excluding ortho intramolecular Hbond substituents is 1. The number of aromatic hydroxyl groups is 1. The molecule has 2 aromatic carbocycles. The van der Waals surface area contributed by atoms with E-state index in [9.17, 15) is 13.5 Å². The van der Waals surface area contributed by atoms with Gasteiger partial charge in [0, 0.05) is 0 Å². The van der Waals surface area contributed by atoms with Gasteiger partial charge in [0.15, 0.2) is 0 Å². The van der Waals surface area contributed by atoms with Crippen LogP contribution in [0.25, 0.3) is 0 Å². The summed E-state index contributed by atoms with van der Waals surface area (Å²) in [7, 11) is -4.65. The molecule has 2 aromatic rings. The maximum absolute atomic E-state index is 12.2. The molecule has 0 unspecified atom stereocenters. The number of hydrogen-bond acceptors (Lipinski definition) is 3. The van der Waals surface area contributed by atoms with E-state index in [2.05, 4.69) is 3.77 Å². The summed E-state index contributed by atoms with van der Waals surface area (Å²) in [6, 6.07) is 13.2. The van der Waals surface area contributed by atoms with Crippen molar-refractivity contribution in [1.29, 1.82) is 0 Å². The highest BCUT2D eigenvalue weighted by molar-refractivity contribution is 8.00. The van der Waals surface area contributed by atoms with Crippen molar-refractivity contribution in [3.05, 3.63) is 54.1 Å². The molecular weight excluding hydrogens is 294 g/mol. The molecule has 0 spiro atoms. The predicted octanol–water partition coefficient (Wildman–Crippen LogP) is 2.88. The third-order valence-corrected chi connectivity index (χ3v) is 6.24. The van der Waals surface area contributed by atoms with E-state index in [0.29, 0.717) is 4.90 Å². The number of phenols is 1. The Morgan fingerprint density at radius 3 is 2.25 bits per heavy atom. The standard InChI is InChI=1S/C14H15NO3S2/c1-11-7-9-12(10-8-11)20(17,18)15-19(2)14-6-4-3-5-13(14)16/h3-10,16H,1-2H3/t19-/m1/s1. The van der Waals surface area contributed by atoms with Crippen LogP contribution in [0.15, 0.2) is 62.1 Å². The van der Waals surface area contributed by atoms with Crippen molar-refractivity contribution in [1.82, 2.24) is 0 Å². The van der Waals surface area contributed by atoms with Gasteiger partial charge >= 0.3 is 0 Å². The molecule has 1 atom stereocenters. The van der Waals surface area contributed by atoms with Gasteiger partial charge in [-0.15, -0.1) is 3.77 Å². The van der Waals surface area contributed by atoms with Crippen molar-refractivity contribution in [3.8, 4) is 5.75 Å². The van der Waals surface area contributed by atoms with Gasteiger partial charge in [-0.05, 0) is 37.4 Å². The Balaban J connectivity index is 2.43. The van der Waals surface area contributed by atoms with E-state index in [1.165, 1.54) is 18.2 Å². The summed E-state index contributed by atoms with van der Waals surface area (Å²) < 4.78 is 28.3. The van der Waals surface area contributed by atoms with Gasteiger partial charge in [0.05, 0.1) is 9.79 Å². The monoisotopic (exact) mass is 309 g/mol. The molecule has 0 saturated heterocycles. The summed E-state index contributed by atoms with van der Waals surface area (Å²) in [4.78, 5) is 0.682. The summed E-state index contributed by atoms with van der Waals surface area (Å²) in [6.07, 6.45) is 1.67. The Kier molecular flexibility index (Phi) is 4.25. The molecule has 20 heavy (non-hydrogen) atoms. The molecule has 1 N–H and O–H groups in total. The van der Waals surface area contributed by atoms with Crippen molar-refractivity contribution < 1.29 is 13.5 Å². The molecule has 0 heterocycles. The number of aryl methyl sites for hydroxylation is 1. The first kappa shape index (κ1) is 14.7. The molecule has 0 saturated carbocycles. The Morgan fingerprint density at radius 2 is 1.65 bits per heavy atom. The Labute approximate surface area is 121 Å². The molecular formula is C14H15NO3S2. The Hall–Kier alpha value is -1.66. The average molecular weight is 309 g/mol. The van der Waals surface area contributed by atoms with E-state index in [-0.39, 0.29) is 10.6 Å². The summed E-state index contributed by atoms with van der Waals surface area (Å²) in [5, 5.41) is 9.74. The molecule has 4 nitrogen and oxygen atoms in total. The second-order valence-electron chi connectivity index (χ2n) is 4.31. The van der Waals surface area contributed by atoms with Gasteiger partial charge in [-0.2, -0.15) is 8.42 Å². The smallest absolute Gasteiger partial charge is 0.288 e. The second-order valence-corrected chi connectivity index (χ2v) is 7.72. The average Bonchev–Trinajstić information content (AvgIpc) is 2.39. The quantitative estimate of drug-likeness (QED) is 0.948. The number of para-hydroxylation sites is 1. The van der Waals surface area contributed by atoms with Gasteiger partial charge in [-0.1, -0.05) is 40.5 Å². The summed E-state index contributed by atoms with van der Waals surface area (Å²) in [5.41, 5.74) is 0.986. The van der Waals surface area contributed by atoms with Crippen molar-refractivity contribution in [2.75, 3.05) is 6.26 Å². The van der Waals surface area contributed by atoms with Gasteiger partial charge in [0.25, 0.3) is 10.0 Å². The molecule has 0 aromatic heterocycles. The van der Waals surface area contributed by atoms with Gasteiger partial charge in [-0.25, -0.2) is 0 Å². The van der Waals surface area contributed by atoms with Crippen LogP contribution in [0.5, 0.6) is 5.75 Å². The fourth-order valence-electron chi connectivity index (χ4n) is 1.65. The van der Waals surface area contributed by atoms with Crippen molar-refractivity contribution in [3.63, 3.8) is 0 Å². The van der Waals surface area contributed by atoms with Crippen LogP contribution >= 0.6 is 0 Å². The number of hydrogen-bond donors (Lipinski definition) is 1. The summed E-state index contributed by atoms with van der Waals surface area (Å²) in [5.74, 6) is 0.0567. The highest BCUT2D eigenvalue weighted by Gasteiger charge is 2.14. The molecule has 0 amide bonds. The van der Waals surface area contributed by atoms with E-state index >= 15 is 0 Å². The largest absolute Gasteiger partial charge is 0.507 e. The molecule has 2 rings (SSSR count). The van der Waals surface area contributed by atoms with E-state index in [1.54, 1.807) is 36.6 Å². The third-order valence-electron chi connectivity index (χ3n) is 2.71. The Bertz CT molecular complexity index is 750. The number of sulfonamides is 1. The molecule has 0 aliphatic rings. The number of nitrogens with zero attached hydrogens (tertiary/aromatic N) is 1. The predicted molar refractivity (Wildman–Crippen MR) is 80.5 cm³/mol. The first-order valence-electron chi connectivity index (χ1n) is 5.89. The fourth-order valence-corrected chi connectivity index (χ4v) is 4.62. The molecule has 6 heteroatoms. The van der Waals surface area contributed by atoms with Gasteiger partial charge in [0.2, 0.25) is 0 Å². The van der Waals surface area contributed by atoms with E-state index in [4.69, 9.17) is 0 Å². The molecule has 0 aliphatic carbocycles. The maximum atomic E-state index is 12.2. The molecule has 106 valence electrons.